The SMILES string of the molecule is C=Nc1c(N(C)[C@H]2C[C@H](O)[C@@H](COP(=O)(O)O)O2)nc(N)[nH]c1=O. The molecule has 0 aromatic carbocycles. The summed E-state index contributed by atoms with van der Waals surface area (Å²) in [4.78, 5) is 40.5. The van der Waals surface area contributed by atoms with Crippen molar-refractivity contribution in [1.82, 2.24) is 9.97 Å². The number of aliphatic hydroxyl groups is 1. The Morgan fingerprint density at radius 1 is 1.62 bits per heavy atom. The Bertz CT molecular complexity index is 719. The van der Waals surface area contributed by atoms with E-state index < -0.39 is 38.4 Å². The molecule has 0 bridgehead atoms. The van der Waals surface area contributed by atoms with E-state index in [2.05, 4.69) is 26.2 Å². The molecule has 0 radical (unpaired) electrons. The molecule has 3 atom stereocenters. The van der Waals surface area contributed by atoms with Crippen LogP contribution in [0, 0.1) is 0 Å². The first-order chi connectivity index (χ1) is 11.1. The number of ether oxygens (including phenoxy) is 1. The summed E-state index contributed by atoms with van der Waals surface area (Å²) in [5.41, 5.74) is 4.86. The van der Waals surface area contributed by atoms with Crippen LogP contribution in [0.3, 0.4) is 0 Å². The van der Waals surface area contributed by atoms with Crippen LogP contribution in [-0.2, 0) is 13.8 Å². The number of nitrogens with two attached hydrogens (primary N) is 1. The average Bonchev–Trinajstić information content (AvgIpc) is 2.84. The van der Waals surface area contributed by atoms with Crippen molar-refractivity contribution in [2.75, 3.05) is 24.3 Å². The van der Waals surface area contributed by atoms with Crippen LogP contribution in [0.5, 0.6) is 0 Å². The fourth-order valence-corrected chi connectivity index (χ4v) is 2.61. The van der Waals surface area contributed by atoms with Gasteiger partial charge in [-0.25, -0.2) is 4.57 Å². The largest absolute Gasteiger partial charge is 0.469 e. The van der Waals surface area contributed by atoms with Gasteiger partial charge in [-0.1, -0.05) is 0 Å². The third-order valence-electron chi connectivity index (χ3n) is 3.43. The molecule has 12 nitrogen and oxygen atoms in total. The Morgan fingerprint density at radius 3 is 2.88 bits per heavy atom. The predicted octanol–water partition coefficient (Wildman–Crippen LogP) is -1.29. The number of nitrogen functional groups attached to an aromatic ring is 1. The average molecular weight is 363 g/mol. The number of anilines is 2. The van der Waals surface area contributed by atoms with Crippen molar-refractivity contribution in [3.05, 3.63) is 10.4 Å². The van der Waals surface area contributed by atoms with Crippen LogP contribution in [0.1, 0.15) is 6.42 Å². The van der Waals surface area contributed by atoms with Gasteiger partial charge in [0.1, 0.15) is 12.3 Å². The third kappa shape index (κ3) is 4.17. The Hall–Kier alpha value is -1.82. The van der Waals surface area contributed by atoms with Crippen molar-refractivity contribution in [3.8, 4) is 0 Å². The molecule has 1 saturated heterocycles. The van der Waals surface area contributed by atoms with Gasteiger partial charge in [0.05, 0.1) is 12.7 Å². The lowest BCUT2D eigenvalue weighted by atomic mass is 10.2. The topological polar surface area (TPSA) is 184 Å². The fourth-order valence-electron chi connectivity index (χ4n) is 2.27. The summed E-state index contributed by atoms with van der Waals surface area (Å²) in [5.74, 6) is -0.0332. The summed E-state index contributed by atoms with van der Waals surface area (Å²) in [6, 6.07) is 0. The predicted molar refractivity (Wildman–Crippen MR) is 84.2 cm³/mol. The molecule has 24 heavy (non-hydrogen) atoms. The highest BCUT2D eigenvalue weighted by molar-refractivity contribution is 7.46. The van der Waals surface area contributed by atoms with Gasteiger partial charge in [0.15, 0.2) is 11.5 Å². The van der Waals surface area contributed by atoms with Crippen LogP contribution < -0.4 is 16.2 Å². The third-order valence-corrected chi connectivity index (χ3v) is 3.92. The highest BCUT2D eigenvalue weighted by Crippen LogP contribution is 2.37. The van der Waals surface area contributed by atoms with Crippen LogP contribution in [0.15, 0.2) is 9.79 Å². The smallest absolute Gasteiger partial charge is 0.390 e. The van der Waals surface area contributed by atoms with Gasteiger partial charge < -0.3 is 30.3 Å². The van der Waals surface area contributed by atoms with Gasteiger partial charge >= 0.3 is 7.82 Å². The summed E-state index contributed by atoms with van der Waals surface area (Å²) >= 11 is 0. The molecule has 0 unspecified atom stereocenters. The van der Waals surface area contributed by atoms with Gasteiger partial charge in [-0.3, -0.25) is 19.3 Å². The molecular formula is C11H18N5O7P. The summed E-state index contributed by atoms with van der Waals surface area (Å²) in [7, 11) is -3.13. The van der Waals surface area contributed by atoms with Crippen LogP contribution in [-0.4, -0.2) is 63.7 Å². The molecule has 1 aromatic heterocycles. The monoisotopic (exact) mass is 363 g/mol. The number of H-pyrrole nitrogens is 1. The second-order valence-electron chi connectivity index (χ2n) is 5.11. The van der Waals surface area contributed by atoms with Crippen LogP contribution in [0.25, 0.3) is 0 Å². The van der Waals surface area contributed by atoms with E-state index in [1.165, 1.54) is 4.90 Å². The zero-order valence-corrected chi connectivity index (χ0v) is 13.6. The molecule has 1 aliphatic heterocycles. The number of phosphoric acid groups is 1. The molecule has 1 aromatic rings. The van der Waals surface area contributed by atoms with Gasteiger partial charge in [0.25, 0.3) is 5.56 Å². The number of hydrogen-bond acceptors (Lipinski definition) is 9. The summed E-state index contributed by atoms with van der Waals surface area (Å²) in [6.45, 7) is 2.81. The minimum Gasteiger partial charge on any atom is -0.390 e. The number of nitrogens with one attached hydrogen (secondary N) is 1. The van der Waals surface area contributed by atoms with E-state index in [1.807, 2.05) is 0 Å². The molecule has 0 spiro atoms. The standard InChI is InChI=1S/C11H18N5O7P/c1-13-8-9(14-11(12)15-10(8)18)16(2)7-3-5(17)6(23-7)4-22-24(19,20)21/h5-7,17H,1,3-4H2,2H3,(H2,19,20,21)(H3,12,14,15,18)/t5-,6+,7+/m0/s1. The molecule has 13 heteroatoms. The number of hydrogen-bond donors (Lipinski definition) is 5. The molecule has 134 valence electrons. The van der Waals surface area contributed by atoms with E-state index in [9.17, 15) is 14.5 Å². The van der Waals surface area contributed by atoms with E-state index >= 15 is 0 Å². The molecule has 2 heterocycles. The molecule has 2 rings (SSSR count). The van der Waals surface area contributed by atoms with Gasteiger partial charge in [-0.15, -0.1) is 0 Å². The van der Waals surface area contributed by atoms with Crippen LogP contribution >= 0.6 is 7.82 Å². The first-order valence-corrected chi connectivity index (χ1v) is 8.28. The number of phosphoric ester groups is 1. The van der Waals surface area contributed by atoms with Crippen molar-refractivity contribution >= 4 is 32.0 Å². The van der Waals surface area contributed by atoms with E-state index in [-0.39, 0.29) is 23.9 Å². The zero-order chi connectivity index (χ0) is 18.1. The number of aliphatic hydroxyl groups excluding tert-OH is 1. The molecule has 1 aliphatic rings. The summed E-state index contributed by atoms with van der Waals surface area (Å²) < 4.78 is 20.6. The number of rotatable bonds is 6. The molecular weight excluding hydrogens is 345 g/mol. The number of aromatic nitrogens is 2. The van der Waals surface area contributed by atoms with Crippen molar-refractivity contribution in [3.63, 3.8) is 0 Å². The van der Waals surface area contributed by atoms with Gasteiger partial charge in [-0.05, 0) is 6.72 Å². The van der Waals surface area contributed by atoms with Crippen molar-refractivity contribution in [2.45, 2.75) is 24.9 Å². The normalized spacial score (nSPS) is 24.1. The molecule has 0 amide bonds. The molecule has 0 aliphatic carbocycles. The van der Waals surface area contributed by atoms with Crippen LogP contribution in [0.2, 0.25) is 0 Å². The lowest BCUT2D eigenvalue weighted by molar-refractivity contribution is -0.0209. The van der Waals surface area contributed by atoms with E-state index in [4.69, 9.17) is 20.3 Å². The lowest BCUT2D eigenvalue weighted by Crippen LogP contribution is -2.34. The van der Waals surface area contributed by atoms with Crippen molar-refractivity contribution < 1.29 is 28.7 Å². The highest BCUT2D eigenvalue weighted by Gasteiger charge is 2.38. The minimum absolute atomic E-state index is 0.0697. The lowest BCUT2D eigenvalue weighted by Gasteiger charge is -2.26. The highest BCUT2D eigenvalue weighted by atomic mass is 31.2. The Morgan fingerprint density at radius 2 is 2.29 bits per heavy atom. The number of nitrogens with zero attached hydrogens (tertiary/aromatic N) is 3. The van der Waals surface area contributed by atoms with E-state index in [0.717, 1.165) is 0 Å². The van der Waals surface area contributed by atoms with Gasteiger partial charge in [-0.2, -0.15) is 4.98 Å². The van der Waals surface area contributed by atoms with Crippen LogP contribution in [0.4, 0.5) is 17.5 Å². The van der Waals surface area contributed by atoms with E-state index in [1.54, 1.807) is 7.05 Å². The van der Waals surface area contributed by atoms with Gasteiger partial charge in [0, 0.05) is 13.5 Å². The second kappa shape index (κ2) is 6.97. The van der Waals surface area contributed by atoms with Crippen molar-refractivity contribution in [2.24, 2.45) is 4.99 Å². The Kier molecular flexibility index (Phi) is 5.38. The fraction of sp³-hybridized carbons (Fsp3) is 0.545. The quantitative estimate of drug-likeness (QED) is 0.301. The molecule has 0 saturated carbocycles. The molecule has 1 fully saturated rings. The maximum Gasteiger partial charge on any atom is 0.469 e. The second-order valence-corrected chi connectivity index (χ2v) is 6.35. The van der Waals surface area contributed by atoms with Gasteiger partial charge in [0.2, 0.25) is 5.95 Å². The zero-order valence-electron chi connectivity index (χ0n) is 12.7. The Balaban J connectivity index is 2.17. The summed E-state index contributed by atoms with van der Waals surface area (Å²) in [6.07, 6.45) is -2.62. The van der Waals surface area contributed by atoms with Crippen molar-refractivity contribution in [1.29, 1.82) is 0 Å². The first-order valence-electron chi connectivity index (χ1n) is 6.75. The first kappa shape index (κ1) is 18.5. The number of aromatic amines is 1. The molecule has 6 N–H and O–H groups in total. The Labute approximate surface area is 136 Å². The number of aliphatic imine (C=N–C) groups is 1. The maximum absolute atomic E-state index is 11.8. The van der Waals surface area contributed by atoms with E-state index in [0.29, 0.717) is 0 Å². The minimum atomic E-state index is -4.67. The summed E-state index contributed by atoms with van der Waals surface area (Å²) in [5, 5.41) is 9.95. The maximum atomic E-state index is 11.8.